The van der Waals surface area contributed by atoms with E-state index < -0.39 is 0 Å². The van der Waals surface area contributed by atoms with E-state index in [0.29, 0.717) is 12.1 Å². The van der Waals surface area contributed by atoms with Gasteiger partial charge in [-0.15, -0.1) is 0 Å². The Morgan fingerprint density at radius 3 is 2.77 bits per heavy atom. The van der Waals surface area contributed by atoms with Gasteiger partial charge in [0, 0.05) is 11.4 Å². The van der Waals surface area contributed by atoms with E-state index in [2.05, 4.69) is 27.2 Å². The highest BCUT2D eigenvalue weighted by Crippen LogP contribution is 2.24. The van der Waals surface area contributed by atoms with Crippen LogP contribution < -0.4 is 16.1 Å². The first-order valence-corrected chi connectivity index (χ1v) is 8.50. The average Bonchev–Trinajstić information content (AvgIpc) is 2.98. The normalized spacial score (nSPS) is 13.2. The molecule has 1 aliphatic heterocycles. The number of carbonyl (C=O) groups excluding carboxylic acids is 2. The van der Waals surface area contributed by atoms with E-state index in [9.17, 15) is 9.59 Å². The number of anilines is 2. The number of nitrogens with zero attached hydrogens (tertiary/aromatic N) is 1. The first-order valence-electron chi connectivity index (χ1n) is 8.50. The summed E-state index contributed by atoms with van der Waals surface area (Å²) in [6.07, 6.45) is 0.378. The van der Waals surface area contributed by atoms with Gasteiger partial charge in [0.25, 0.3) is 5.91 Å². The lowest BCUT2D eigenvalue weighted by Crippen LogP contribution is -2.27. The smallest absolute Gasteiger partial charge is 0.259 e. The third kappa shape index (κ3) is 4.08. The Hall–Kier alpha value is -3.15. The number of amides is 2. The van der Waals surface area contributed by atoms with Gasteiger partial charge in [0.2, 0.25) is 5.91 Å². The van der Waals surface area contributed by atoms with E-state index >= 15 is 0 Å². The third-order valence-electron chi connectivity index (χ3n) is 4.32. The van der Waals surface area contributed by atoms with Crippen LogP contribution in [0.5, 0.6) is 0 Å². The van der Waals surface area contributed by atoms with Crippen LogP contribution in [0.3, 0.4) is 0 Å². The maximum Gasteiger partial charge on any atom is 0.259 e. The first kappa shape index (κ1) is 17.7. The van der Waals surface area contributed by atoms with Crippen LogP contribution >= 0.6 is 0 Å². The molecule has 0 aromatic heterocycles. The van der Waals surface area contributed by atoms with Crippen molar-refractivity contribution in [2.45, 2.75) is 27.2 Å². The van der Waals surface area contributed by atoms with Crippen molar-refractivity contribution < 1.29 is 9.59 Å². The maximum atomic E-state index is 12.0. The number of nitrogens with one attached hydrogen (secondary N) is 3. The Morgan fingerprint density at radius 2 is 2.00 bits per heavy atom. The maximum absolute atomic E-state index is 12.0. The van der Waals surface area contributed by atoms with Crippen molar-refractivity contribution in [1.82, 2.24) is 5.43 Å². The van der Waals surface area contributed by atoms with Gasteiger partial charge in [-0.3, -0.25) is 9.59 Å². The summed E-state index contributed by atoms with van der Waals surface area (Å²) < 4.78 is 0. The Kier molecular flexibility index (Phi) is 5.02. The van der Waals surface area contributed by atoms with Gasteiger partial charge in [0.15, 0.2) is 0 Å². The molecule has 1 heterocycles. The molecular weight excluding hydrogens is 328 g/mol. The molecule has 0 unspecified atom stereocenters. The van der Waals surface area contributed by atoms with Gasteiger partial charge in [-0.25, -0.2) is 5.43 Å². The van der Waals surface area contributed by atoms with Crippen molar-refractivity contribution in [1.29, 1.82) is 0 Å². The molecule has 2 amide bonds. The highest BCUT2D eigenvalue weighted by atomic mass is 16.2. The Labute approximate surface area is 152 Å². The molecule has 134 valence electrons. The van der Waals surface area contributed by atoms with Crippen molar-refractivity contribution in [2.75, 3.05) is 17.2 Å². The Morgan fingerprint density at radius 1 is 1.19 bits per heavy atom. The largest absolute Gasteiger partial charge is 0.376 e. The van der Waals surface area contributed by atoms with Gasteiger partial charge < -0.3 is 10.6 Å². The van der Waals surface area contributed by atoms with Crippen LogP contribution in [0, 0.1) is 13.8 Å². The molecule has 26 heavy (non-hydrogen) atoms. The summed E-state index contributed by atoms with van der Waals surface area (Å²) >= 11 is 0. The quantitative estimate of drug-likeness (QED) is 0.573. The number of fused-ring (bicyclic) bond motifs is 1. The third-order valence-corrected chi connectivity index (χ3v) is 4.32. The highest BCUT2D eigenvalue weighted by Gasteiger charge is 2.17. The van der Waals surface area contributed by atoms with Crippen molar-refractivity contribution in [2.24, 2.45) is 5.10 Å². The summed E-state index contributed by atoms with van der Waals surface area (Å²) in [4.78, 5) is 23.4. The lowest BCUT2D eigenvalue weighted by Gasteiger charge is -2.09. The number of aryl methyl sites for hydroxylation is 2. The van der Waals surface area contributed by atoms with E-state index in [4.69, 9.17) is 0 Å². The number of hydrazone groups is 1. The lowest BCUT2D eigenvalue weighted by molar-refractivity contribution is -0.119. The molecule has 0 spiro atoms. The fourth-order valence-electron chi connectivity index (χ4n) is 2.89. The molecular formula is C20H22N4O2. The van der Waals surface area contributed by atoms with Gasteiger partial charge in [-0.05, 0) is 55.7 Å². The van der Waals surface area contributed by atoms with Crippen LogP contribution in [-0.4, -0.2) is 24.1 Å². The molecule has 6 nitrogen and oxygen atoms in total. The summed E-state index contributed by atoms with van der Waals surface area (Å²) in [7, 11) is 0. The lowest BCUT2D eigenvalue weighted by atomic mass is 10.1. The van der Waals surface area contributed by atoms with E-state index in [0.717, 1.165) is 28.1 Å². The molecule has 3 N–H and O–H groups in total. The molecule has 0 saturated carbocycles. The molecule has 0 bridgehead atoms. The van der Waals surface area contributed by atoms with E-state index in [-0.39, 0.29) is 18.4 Å². The van der Waals surface area contributed by atoms with Crippen molar-refractivity contribution in [3.05, 3.63) is 58.7 Å². The van der Waals surface area contributed by atoms with Crippen LogP contribution in [0.4, 0.5) is 11.4 Å². The highest BCUT2D eigenvalue weighted by molar-refractivity contribution is 6.03. The molecule has 0 fully saturated rings. The van der Waals surface area contributed by atoms with Crippen LogP contribution in [0.2, 0.25) is 0 Å². The molecule has 0 atom stereocenters. The number of hydrogen-bond acceptors (Lipinski definition) is 4. The first-order chi connectivity index (χ1) is 12.4. The van der Waals surface area contributed by atoms with E-state index in [1.807, 2.05) is 51.1 Å². The number of benzene rings is 2. The minimum atomic E-state index is -0.220. The second-order valence-electron chi connectivity index (χ2n) is 6.50. The minimum absolute atomic E-state index is 0.00230. The molecule has 0 radical (unpaired) electrons. The van der Waals surface area contributed by atoms with E-state index in [1.54, 1.807) is 0 Å². The topological polar surface area (TPSA) is 82.6 Å². The Balaban J connectivity index is 1.58. The zero-order chi connectivity index (χ0) is 18.7. The van der Waals surface area contributed by atoms with Crippen molar-refractivity contribution in [3.8, 4) is 0 Å². The summed E-state index contributed by atoms with van der Waals surface area (Å²) in [6.45, 7) is 6.00. The minimum Gasteiger partial charge on any atom is -0.376 e. The zero-order valence-electron chi connectivity index (χ0n) is 15.1. The van der Waals surface area contributed by atoms with Gasteiger partial charge in [-0.1, -0.05) is 23.8 Å². The van der Waals surface area contributed by atoms with Crippen LogP contribution in [0.15, 0.2) is 41.5 Å². The predicted octanol–water partition coefficient (Wildman–Crippen LogP) is 2.75. The second-order valence-corrected chi connectivity index (χ2v) is 6.50. The van der Waals surface area contributed by atoms with Gasteiger partial charge in [0.1, 0.15) is 0 Å². The molecule has 3 rings (SSSR count). The molecule has 6 heteroatoms. The number of rotatable bonds is 5. The number of hydrogen-bond donors (Lipinski definition) is 3. The van der Waals surface area contributed by atoms with Gasteiger partial charge in [0.05, 0.1) is 18.7 Å². The molecule has 2 aromatic rings. The van der Waals surface area contributed by atoms with E-state index in [1.165, 1.54) is 5.56 Å². The fraction of sp³-hybridized carbons (Fsp3) is 0.250. The Bertz CT molecular complexity index is 903. The van der Waals surface area contributed by atoms with Crippen LogP contribution in [0.1, 0.15) is 29.2 Å². The summed E-state index contributed by atoms with van der Waals surface area (Å²) in [6, 6.07) is 11.7. The van der Waals surface area contributed by atoms with Crippen LogP contribution in [0.25, 0.3) is 0 Å². The van der Waals surface area contributed by atoms with Crippen LogP contribution in [-0.2, 0) is 16.0 Å². The van der Waals surface area contributed by atoms with Crippen molar-refractivity contribution in [3.63, 3.8) is 0 Å². The van der Waals surface area contributed by atoms with Gasteiger partial charge >= 0.3 is 0 Å². The summed E-state index contributed by atoms with van der Waals surface area (Å²) in [5.41, 5.74) is 9.13. The molecule has 0 saturated heterocycles. The number of carbonyl (C=O) groups is 2. The fourth-order valence-corrected chi connectivity index (χ4v) is 2.89. The monoisotopic (exact) mass is 350 g/mol. The predicted molar refractivity (Wildman–Crippen MR) is 104 cm³/mol. The summed E-state index contributed by atoms with van der Waals surface area (Å²) in [5.74, 6) is -0.222. The SMILES string of the molecule is C/C(=N\NC(=O)CNc1ccc(C)cc1C)c1ccc2c(c1)CC(=O)N2. The average molecular weight is 350 g/mol. The summed E-state index contributed by atoms with van der Waals surface area (Å²) in [5, 5.41) is 10.1. The molecule has 0 aliphatic carbocycles. The molecule has 2 aromatic carbocycles. The van der Waals surface area contributed by atoms with Gasteiger partial charge in [-0.2, -0.15) is 5.10 Å². The standard InChI is InChI=1S/C20H22N4O2/c1-12-4-6-17(13(2)8-12)21-11-20(26)24-23-14(3)15-5-7-18-16(9-15)10-19(25)22-18/h4-9,21H,10-11H2,1-3H3,(H,22,25)(H,24,26)/b23-14+. The molecule has 1 aliphatic rings. The second kappa shape index (κ2) is 7.39. The zero-order valence-corrected chi connectivity index (χ0v) is 15.1. The van der Waals surface area contributed by atoms with Crippen molar-refractivity contribution >= 4 is 28.9 Å².